The average molecular weight is 307 g/mol. The molecule has 0 saturated heterocycles. The number of aliphatic carboxylic acids is 2. The number of nitrogens with two attached hydrogens (primary N) is 1. The summed E-state index contributed by atoms with van der Waals surface area (Å²) in [4.78, 5) is 23.0. The molecule has 5 rings (SSSR count). The van der Waals surface area contributed by atoms with Crippen LogP contribution in [-0.4, -0.2) is 27.7 Å². The van der Waals surface area contributed by atoms with Crippen LogP contribution < -0.4 is 5.73 Å². The molecule has 3 atom stereocenters. The number of hydrogen-bond donors (Lipinski definition) is 3. The van der Waals surface area contributed by atoms with Crippen molar-refractivity contribution >= 4 is 11.9 Å². The summed E-state index contributed by atoms with van der Waals surface area (Å²) in [5.41, 5.74) is 5.04. The van der Waals surface area contributed by atoms with Crippen molar-refractivity contribution in [1.29, 1.82) is 0 Å². The fraction of sp³-hybridized carbons (Fsp3) is 0.882. The van der Waals surface area contributed by atoms with E-state index in [9.17, 15) is 14.7 Å². The third-order valence-corrected chi connectivity index (χ3v) is 7.00. The highest BCUT2D eigenvalue weighted by Gasteiger charge is 2.62. The summed E-state index contributed by atoms with van der Waals surface area (Å²) in [6.07, 6.45) is 8.15. The Bertz CT molecular complexity index is 495. The molecule has 0 aromatic rings. The lowest BCUT2D eigenvalue weighted by molar-refractivity contribution is -0.150. The quantitative estimate of drug-likeness (QED) is 0.722. The smallest absolute Gasteiger partial charge is 0.324 e. The van der Waals surface area contributed by atoms with E-state index < -0.39 is 29.3 Å². The van der Waals surface area contributed by atoms with E-state index in [4.69, 9.17) is 10.8 Å². The Kier molecular flexibility index (Phi) is 2.94. The maximum atomic E-state index is 11.9. The van der Waals surface area contributed by atoms with Gasteiger partial charge in [-0.1, -0.05) is 0 Å². The first-order valence-electron chi connectivity index (χ1n) is 8.56. The summed E-state index contributed by atoms with van der Waals surface area (Å²) in [5.74, 6) is -0.606. The van der Waals surface area contributed by atoms with Gasteiger partial charge in [0.1, 0.15) is 5.54 Å². The van der Waals surface area contributed by atoms with Crippen LogP contribution in [0.1, 0.15) is 51.4 Å². The second-order valence-corrected chi connectivity index (χ2v) is 8.73. The molecule has 22 heavy (non-hydrogen) atoms. The molecule has 0 aromatic carbocycles. The van der Waals surface area contributed by atoms with E-state index in [-0.39, 0.29) is 5.41 Å². The Morgan fingerprint density at radius 2 is 1.50 bits per heavy atom. The zero-order chi connectivity index (χ0) is 15.7. The normalized spacial score (nSPS) is 48.0. The molecule has 5 saturated carbocycles. The van der Waals surface area contributed by atoms with Gasteiger partial charge >= 0.3 is 11.9 Å². The predicted molar refractivity (Wildman–Crippen MR) is 79.0 cm³/mol. The number of carboxylic acid groups (broad SMARTS) is 2. The van der Waals surface area contributed by atoms with Crippen LogP contribution in [0, 0.1) is 35.0 Å². The van der Waals surface area contributed by atoms with Gasteiger partial charge in [0.25, 0.3) is 0 Å². The number of rotatable bonds is 5. The van der Waals surface area contributed by atoms with Crippen LogP contribution in [0.2, 0.25) is 0 Å². The zero-order valence-electron chi connectivity index (χ0n) is 12.8. The Labute approximate surface area is 130 Å². The minimum atomic E-state index is -1.35. The summed E-state index contributed by atoms with van der Waals surface area (Å²) in [6.45, 7) is 0. The Morgan fingerprint density at radius 3 is 1.86 bits per heavy atom. The molecule has 0 aromatic heterocycles. The second kappa shape index (κ2) is 4.47. The standard InChI is InChI=1S/C17H25NO4/c18-17(15(21)22,13-4-12(13)14(19)20)8-16-5-9-1-10(6-16)3-11(2-9)7-16/h9-13H,1-8,18H2,(H,19,20)(H,21,22). The minimum Gasteiger partial charge on any atom is -0.481 e. The van der Waals surface area contributed by atoms with Crippen LogP contribution in [0.4, 0.5) is 0 Å². The molecule has 0 aliphatic heterocycles. The van der Waals surface area contributed by atoms with E-state index >= 15 is 0 Å². The predicted octanol–water partition coefficient (Wildman–Crippen LogP) is 2.10. The van der Waals surface area contributed by atoms with Crippen molar-refractivity contribution in [2.24, 2.45) is 40.7 Å². The van der Waals surface area contributed by atoms with Crippen LogP contribution in [0.5, 0.6) is 0 Å². The molecule has 0 heterocycles. The Balaban J connectivity index is 1.58. The molecule has 5 aliphatic rings. The number of carboxylic acids is 2. The van der Waals surface area contributed by atoms with Crippen LogP contribution in [0.3, 0.4) is 0 Å². The van der Waals surface area contributed by atoms with E-state index in [2.05, 4.69) is 0 Å². The summed E-state index contributed by atoms with van der Waals surface area (Å²) in [5, 5.41) is 18.9. The van der Waals surface area contributed by atoms with Crippen molar-refractivity contribution in [2.75, 3.05) is 0 Å². The van der Waals surface area contributed by atoms with Gasteiger partial charge in [-0.2, -0.15) is 0 Å². The molecule has 3 unspecified atom stereocenters. The van der Waals surface area contributed by atoms with E-state index in [1.165, 1.54) is 19.3 Å². The first-order chi connectivity index (χ1) is 10.3. The van der Waals surface area contributed by atoms with Gasteiger partial charge in [-0.25, -0.2) is 0 Å². The molecular weight excluding hydrogens is 282 g/mol. The maximum absolute atomic E-state index is 11.9. The average Bonchev–Trinajstić information content (AvgIpc) is 3.16. The van der Waals surface area contributed by atoms with E-state index in [1.54, 1.807) is 0 Å². The van der Waals surface area contributed by atoms with Gasteiger partial charge in [0, 0.05) is 5.92 Å². The van der Waals surface area contributed by atoms with Crippen molar-refractivity contribution in [2.45, 2.75) is 56.9 Å². The van der Waals surface area contributed by atoms with Crippen molar-refractivity contribution in [1.82, 2.24) is 0 Å². The molecule has 4 N–H and O–H groups in total. The largest absolute Gasteiger partial charge is 0.481 e. The number of hydrogen-bond acceptors (Lipinski definition) is 3. The molecule has 4 bridgehead atoms. The lowest BCUT2D eigenvalue weighted by Crippen LogP contribution is -2.57. The van der Waals surface area contributed by atoms with Crippen LogP contribution in [0.25, 0.3) is 0 Å². The van der Waals surface area contributed by atoms with Gasteiger partial charge in [0.2, 0.25) is 0 Å². The first-order valence-corrected chi connectivity index (χ1v) is 8.56. The third kappa shape index (κ3) is 2.08. The fourth-order valence-corrected chi connectivity index (χ4v) is 6.53. The number of carbonyl (C=O) groups is 2. The lowest BCUT2D eigenvalue weighted by atomic mass is 9.47. The van der Waals surface area contributed by atoms with Crippen molar-refractivity contribution in [3.8, 4) is 0 Å². The summed E-state index contributed by atoms with van der Waals surface area (Å²) >= 11 is 0. The molecule has 0 amide bonds. The lowest BCUT2D eigenvalue weighted by Gasteiger charge is -2.58. The van der Waals surface area contributed by atoms with E-state index in [1.807, 2.05) is 0 Å². The van der Waals surface area contributed by atoms with Gasteiger partial charge in [0.05, 0.1) is 5.92 Å². The molecule has 5 aliphatic carbocycles. The van der Waals surface area contributed by atoms with Crippen molar-refractivity contribution < 1.29 is 19.8 Å². The molecule has 5 fully saturated rings. The minimum absolute atomic E-state index is 0.0630. The first kappa shape index (κ1) is 14.5. The second-order valence-electron chi connectivity index (χ2n) is 8.73. The fourth-order valence-electron chi connectivity index (χ4n) is 6.53. The van der Waals surface area contributed by atoms with Crippen LogP contribution in [0.15, 0.2) is 0 Å². The molecule has 0 spiro atoms. The van der Waals surface area contributed by atoms with Crippen molar-refractivity contribution in [3.05, 3.63) is 0 Å². The van der Waals surface area contributed by atoms with Gasteiger partial charge in [-0.05, 0) is 74.5 Å². The maximum Gasteiger partial charge on any atom is 0.324 e. The van der Waals surface area contributed by atoms with Crippen LogP contribution in [-0.2, 0) is 9.59 Å². The van der Waals surface area contributed by atoms with Gasteiger partial charge in [0.15, 0.2) is 0 Å². The topological polar surface area (TPSA) is 101 Å². The highest BCUT2D eigenvalue weighted by Crippen LogP contribution is 2.63. The molecule has 5 nitrogen and oxygen atoms in total. The van der Waals surface area contributed by atoms with Gasteiger partial charge in [-0.15, -0.1) is 0 Å². The monoisotopic (exact) mass is 307 g/mol. The Hall–Kier alpha value is -1.10. The van der Waals surface area contributed by atoms with E-state index in [0.29, 0.717) is 12.8 Å². The SMILES string of the molecule is NC(CC12CC3CC(CC(C3)C1)C2)(C(=O)O)C1CC1C(=O)O. The highest BCUT2D eigenvalue weighted by molar-refractivity contribution is 5.83. The summed E-state index contributed by atoms with van der Waals surface area (Å²) < 4.78 is 0. The Morgan fingerprint density at radius 1 is 1.00 bits per heavy atom. The van der Waals surface area contributed by atoms with Gasteiger partial charge < -0.3 is 15.9 Å². The highest BCUT2D eigenvalue weighted by atomic mass is 16.4. The van der Waals surface area contributed by atoms with Crippen molar-refractivity contribution in [3.63, 3.8) is 0 Å². The molecule has 122 valence electrons. The summed E-state index contributed by atoms with van der Waals surface area (Å²) in [6, 6.07) is 0. The zero-order valence-corrected chi connectivity index (χ0v) is 12.8. The van der Waals surface area contributed by atoms with E-state index in [0.717, 1.165) is 37.0 Å². The third-order valence-electron chi connectivity index (χ3n) is 7.00. The molecular formula is C17H25NO4. The van der Waals surface area contributed by atoms with Crippen LogP contribution >= 0.6 is 0 Å². The summed E-state index contributed by atoms with van der Waals surface area (Å²) in [7, 11) is 0. The van der Waals surface area contributed by atoms with Gasteiger partial charge in [-0.3, -0.25) is 9.59 Å². The molecule has 5 heteroatoms. The molecule has 0 radical (unpaired) electrons.